The Labute approximate surface area is 85.3 Å². The van der Waals surface area contributed by atoms with E-state index in [9.17, 15) is 4.79 Å². The number of ketones is 1. The van der Waals surface area contributed by atoms with E-state index in [1.54, 1.807) is 6.92 Å². The molecule has 0 spiro atoms. The maximum atomic E-state index is 11.4. The van der Waals surface area contributed by atoms with Gasteiger partial charge in [0.25, 0.3) is 0 Å². The van der Waals surface area contributed by atoms with Gasteiger partial charge in [-0.15, -0.1) is 0 Å². The summed E-state index contributed by atoms with van der Waals surface area (Å²) in [4.78, 5) is 11.4. The molecular weight excluding hydrogens is 174 g/mol. The van der Waals surface area contributed by atoms with Crippen LogP contribution < -0.4 is 5.32 Å². The molecule has 0 saturated heterocycles. The molecule has 0 heterocycles. The maximum absolute atomic E-state index is 11.4. The molecule has 2 nitrogen and oxygen atoms in total. The molecule has 1 aromatic rings. The zero-order chi connectivity index (χ0) is 10.7. The molecule has 0 aromatic heterocycles. The van der Waals surface area contributed by atoms with E-state index in [4.69, 9.17) is 0 Å². The zero-order valence-electron chi connectivity index (χ0n) is 9.27. The van der Waals surface area contributed by atoms with Gasteiger partial charge in [0.05, 0.1) is 0 Å². The van der Waals surface area contributed by atoms with Gasteiger partial charge in [0.2, 0.25) is 0 Å². The van der Waals surface area contributed by atoms with E-state index in [2.05, 4.69) is 18.3 Å². The van der Waals surface area contributed by atoms with Crippen LogP contribution in [0.3, 0.4) is 0 Å². The zero-order valence-corrected chi connectivity index (χ0v) is 9.27. The molecule has 2 heteroatoms. The lowest BCUT2D eigenvalue weighted by Gasteiger charge is -2.11. The van der Waals surface area contributed by atoms with Crippen molar-refractivity contribution >= 4 is 11.5 Å². The summed E-state index contributed by atoms with van der Waals surface area (Å²) >= 11 is 0. The highest BCUT2D eigenvalue weighted by Gasteiger charge is 2.09. The number of aryl methyl sites for hydroxylation is 1. The molecule has 0 fully saturated rings. The van der Waals surface area contributed by atoms with Crippen LogP contribution in [0.5, 0.6) is 0 Å². The number of benzene rings is 1. The van der Waals surface area contributed by atoms with Crippen LogP contribution in [0.1, 0.15) is 35.3 Å². The summed E-state index contributed by atoms with van der Waals surface area (Å²) in [5.41, 5.74) is 4.20. The third kappa shape index (κ3) is 1.95. The van der Waals surface area contributed by atoms with E-state index in [1.807, 2.05) is 20.0 Å². The molecular formula is C12H17NO. The second-order valence-electron chi connectivity index (χ2n) is 3.48. The van der Waals surface area contributed by atoms with E-state index in [0.717, 1.165) is 23.2 Å². The van der Waals surface area contributed by atoms with Crippen molar-refractivity contribution in [3.63, 3.8) is 0 Å². The number of carbonyl (C=O) groups excluding carboxylic acids is 1. The van der Waals surface area contributed by atoms with Crippen LogP contribution in [0.2, 0.25) is 0 Å². The second-order valence-corrected chi connectivity index (χ2v) is 3.48. The molecule has 0 aliphatic rings. The normalized spacial score (nSPS) is 10.0. The number of carbonyl (C=O) groups is 1. The van der Waals surface area contributed by atoms with Crippen molar-refractivity contribution in [2.75, 3.05) is 12.4 Å². The fourth-order valence-corrected chi connectivity index (χ4v) is 1.74. The first-order valence-electron chi connectivity index (χ1n) is 4.92. The minimum Gasteiger partial charge on any atom is -0.388 e. The summed E-state index contributed by atoms with van der Waals surface area (Å²) in [6.07, 6.45) is 0.907. The van der Waals surface area contributed by atoms with Gasteiger partial charge in [0.1, 0.15) is 0 Å². The van der Waals surface area contributed by atoms with Gasteiger partial charge in [-0.25, -0.2) is 0 Å². The minimum atomic E-state index is 0.141. The van der Waals surface area contributed by atoms with Crippen LogP contribution in [-0.2, 0) is 6.42 Å². The highest BCUT2D eigenvalue weighted by Crippen LogP contribution is 2.21. The average Bonchev–Trinajstić information content (AvgIpc) is 2.16. The van der Waals surface area contributed by atoms with Gasteiger partial charge in [0, 0.05) is 18.3 Å². The van der Waals surface area contributed by atoms with Crippen LogP contribution in [-0.4, -0.2) is 12.8 Å². The first kappa shape index (κ1) is 10.8. The molecule has 1 aromatic carbocycles. The molecule has 0 radical (unpaired) electrons. The van der Waals surface area contributed by atoms with Crippen LogP contribution >= 0.6 is 0 Å². The minimum absolute atomic E-state index is 0.141. The molecule has 1 N–H and O–H groups in total. The fourth-order valence-electron chi connectivity index (χ4n) is 1.74. The monoisotopic (exact) mass is 191 g/mol. The first-order chi connectivity index (χ1) is 6.60. The largest absolute Gasteiger partial charge is 0.388 e. The predicted octanol–water partition coefficient (Wildman–Crippen LogP) is 2.80. The van der Waals surface area contributed by atoms with Crippen molar-refractivity contribution in [2.24, 2.45) is 0 Å². The third-order valence-corrected chi connectivity index (χ3v) is 2.49. The SMILES string of the molecule is CCc1c(C)cc(NC)cc1C(C)=O. The van der Waals surface area contributed by atoms with E-state index in [0.29, 0.717) is 0 Å². The predicted molar refractivity (Wildman–Crippen MR) is 60.1 cm³/mol. The van der Waals surface area contributed by atoms with Gasteiger partial charge in [-0.3, -0.25) is 4.79 Å². The van der Waals surface area contributed by atoms with Crippen LogP contribution in [0.4, 0.5) is 5.69 Å². The second kappa shape index (κ2) is 4.27. The number of nitrogens with one attached hydrogen (secondary N) is 1. The number of hydrogen-bond donors (Lipinski definition) is 1. The Kier molecular flexibility index (Phi) is 3.28. The molecule has 0 aliphatic heterocycles. The van der Waals surface area contributed by atoms with Crippen molar-refractivity contribution in [1.29, 1.82) is 0 Å². The molecule has 1 rings (SSSR count). The lowest BCUT2D eigenvalue weighted by atomic mass is 9.96. The van der Waals surface area contributed by atoms with Crippen molar-refractivity contribution < 1.29 is 4.79 Å². The number of Topliss-reactive ketones (excluding diaryl/α,β-unsaturated/α-hetero) is 1. The van der Waals surface area contributed by atoms with Crippen molar-refractivity contribution in [1.82, 2.24) is 0 Å². The van der Waals surface area contributed by atoms with Gasteiger partial charge in [0.15, 0.2) is 5.78 Å². The van der Waals surface area contributed by atoms with E-state index < -0.39 is 0 Å². The average molecular weight is 191 g/mol. The number of hydrogen-bond acceptors (Lipinski definition) is 2. The van der Waals surface area contributed by atoms with Crippen molar-refractivity contribution in [3.05, 3.63) is 28.8 Å². The van der Waals surface area contributed by atoms with Crippen molar-refractivity contribution in [3.8, 4) is 0 Å². The Morgan fingerprint density at radius 1 is 1.43 bits per heavy atom. The van der Waals surface area contributed by atoms with Gasteiger partial charge in [-0.05, 0) is 43.5 Å². The fraction of sp³-hybridized carbons (Fsp3) is 0.417. The lowest BCUT2D eigenvalue weighted by molar-refractivity contribution is 0.101. The van der Waals surface area contributed by atoms with Gasteiger partial charge >= 0.3 is 0 Å². The van der Waals surface area contributed by atoms with Gasteiger partial charge in [-0.1, -0.05) is 6.92 Å². The molecule has 0 amide bonds. The standard InChI is InChI=1S/C12H17NO/c1-5-11-8(2)6-10(13-4)7-12(11)9(3)14/h6-7,13H,5H2,1-4H3. The first-order valence-corrected chi connectivity index (χ1v) is 4.92. The Bertz CT molecular complexity index is 356. The summed E-state index contributed by atoms with van der Waals surface area (Å²) in [6, 6.07) is 4.00. The molecule has 0 saturated carbocycles. The van der Waals surface area contributed by atoms with Gasteiger partial charge < -0.3 is 5.32 Å². The van der Waals surface area contributed by atoms with Crippen molar-refractivity contribution in [2.45, 2.75) is 27.2 Å². The van der Waals surface area contributed by atoms with E-state index in [1.165, 1.54) is 5.56 Å². The molecule has 0 aliphatic carbocycles. The van der Waals surface area contributed by atoms with Crippen LogP contribution in [0.25, 0.3) is 0 Å². The van der Waals surface area contributed by atoms with Crippen LogP contribution in [0.15, 0.2) is 12.1 Å². The lowest BCUT2D eigenvalue weighted by Crippen LogP contribution is -2.03. The summed E-state index contributed by atoms with van der Waals surface area (Å²) in [7, 11) is 1.87. The molecule has 0 atom stereocenters. The Balaban J connectivity index is 3.35. The van der Waals surface area contributed by atoms with Gasteiger partial charge in [-0.2, -0.15) is 0 Å². The Hall–Kier alpha value is -1.31. The Morgan fingerprint density at radius 3 is 2.50 bits per heavy atom. The van der Waals surface area contributed by atoms with E-state index in [-0.39, 0.29) is 5.78 Å². The Morgan fingerprint density at radius 2 is 2.07 bits per heavy atom. The highest BCUT2D eigenvalue weighted by atomic mass is 16.1. The molecule has 14 heavy (non-hydrogen) atoms. The van der Waals surface area contributed by atoms with Crippen LogP contribution in [0, 0.1) is 6.92 Å². The highest BCUT2D eigenvalue weighted by molar-refractivity contribution is 5.97. The third-order valence-electron chi connectivity index (χ3n) is 2.49. The van der Waals surface area contributed by atoms with E-state index >= 15 is 0 Å². The summed E-state index contributed by atoms with van der Waals surface area (Å²) < 4.78 is 0. The number of anilines is 1. The molecule has 0 bridgehead atoms. The summed E-state index contributed by atoms with van der Waals surface area (Å²) in [6.45, 7) is 5.74. The smallest absolute Gasteiger partial charge is 0.160 e. The topological polar surface area (TPSA) is 29.1 Å². The quantitative estimate of drug-likeness (QED) is 0.744. The number of rotatable bonds is 3. The molecule has 0 unspecified atom stereocenters. The molecule has 76 valence electrons. The maximum Gasteiger partial charge on any atom is 0.160 e. The summed E-state index contributed by atoms with van der Waals surface area (Å²) in [5.74, 6) is 0.141. The summed E-state index contributed by atoms with van der Waals surface area (Å²) in [5, 5.41) is 3.06.